The molecule has 7 heteroatoms. The van der Waals surface area contributed by atoms with Crippen molar-refractivity contribution in [2.45, 2.75) is 33.3 Å². The van der Waals surface area contributed by atoms with E-state index in [4.69, 9.17) is 9.47 Å². The number of ether oxygens (including phenoxy) is 2. The first-order valence-electron chi connectivity index (χ1n) is 10.0. The Labute approximate surface area is 180 Å². The van der Waals surface area contributed by atoms with E-state index < -0.39 is 23.9 Å². The summed E-state index contributed by atoms with van der Waals surface area (Å²) in [6.07, 6.45) is 1.28. The van der Waals surface area contributed by atoms with Crippen molar-refractivity contribution < 1.29 is 29.0 Å². The van der Waals surface area contributed by atoms with Crippen molar-refractivity contribution in [3.05, 3.63) is 70.8 Å². The van der Waals surface area contributed by atoms with E-state index in [0.29, 0.717) is 23.4 Å². The Bertz CT molecular complexity index is 1060. The van der Waals surface area contributed by atoms with Gasteiger partial charge in [-0.25, -0.2) is 9.69 Å². The van der Waals surface area contributed by atoms with Crippen molar-refractivity contribution >= 4 is 23.5 Å². The molecule has 0 aliphatic carbocycles. The lowest BCUT2D eigenvalue weighted by molar-refractivity contribution is 0.0250. The summed E-state index contributed by atoms with van der Waals surface area (Å²) in [6, 6.07) is 7.85. The highest BCUT2D eigenvalue weighted by Gasteiger charge is 2.39. The standard InChI is InChI=1S/C24H25NO6/c1-5-9-30-20-11-14(3)10-15(4)21(20)25-22(27)18-8-7-16(12-19(18)23(25)28)24(29)31-13-17(26)6-2/h5,7-8,10-12,17,26H,1,6,9,13H2,2-4H3. The predicted molar refractivity (Wildman–Crippen MR) is 116 cm³/mol. The maximum atomic E-state index is 13.2. The van der Waals surface area contributed by atoms with Crippen molar-refractivity contribution in [2.75, 3.05) is 18.1 Å². The van der Waals surface area contributed by atoms with Gasteiger partial charge in [0.15, 0.2) is 0 Å². The molecule has 1 aliphatic heterocycles. The van der Waals surface area contributed by atoms with Crippen LogP contribution >= 0.6 is 0 Å². The fraction of sp³-hybridized carbons (Fsp3) is 0.292. The van der Waals surface area contributed by atoms with Crippen LogP contribution in [0.25, 0.3) is 0 Å². The quantitative estimate of drug-likeness (QED) is 0.396. The fourth-order valence-electron chi connectivity index (χ4n) is 3.41. The van der Waals surface area contributed by atoms with Crippen LogP contribution in [-0.2, 0) is 4.74 Å². The second-order valence-corrected chi connectivity index (χ2v) is 7.39. The molecule has 0 aromatic heterocycles. The van der Waals surface area contributed by atoms with Crippen molar-refractivity contribution in [2.24, 2.45) is 0 Å². The molecule has 0 bridgehead atoms. The molecular formula is C24H25NO6. The van der Waals surface area contributed by atoms with Gasteiger partial charge in [0.05, 0.1) is 28.5 Å². The van der Waals surface area contributed by atoms with E-state index in [-0.39, 0.29) is 29.9 Å². The second-order valence-electron chi connectivity index (χ2n) is 7.39. The molecule has 1 atom stereocenters. The molecule has 1 aliphatic rings. The van der Waals surface area contributed by atoms with Gasteiger partial charge in [-0.05, 0) is 55.7 Å². The van der Waals surface area contributed by atoms with Gasteiger partial charge in [0.2, 0.25) is 0 Å². The second kappa shape index (κ2) is 9.14. The monoisotopic (exact) mass is 423 g/mol. The summed E-state index contributed by atoms with van der Waals surface area (Å²) in [5.41, 5.74) is 2.45. The molecular weight excluding hydrogens is 398 g/mol. The number of amides is 2. The van der Waals surface area contributed by atoms with Gasteiger partial charge in [0.25, 0.3) is 11.8 Å². The maximum absolute atomic E-state index is 13.2. The maximum Gasteiger partial charge on any atom is 0.338 e. The van der Waals surface area contributed by atoms with Crippen molar-refractivity contribution in [3.63, 3.8) is 0 Å². The fourth-order valence-corrected chi connectivity index (χ4v) is 3.41. The summed E-state index contributed by atoms with van der Waals surface area (Å²) in [4.78, 5) is 39.7. The summed E-state index contributed by atoms with van der Waals surface area (Å²) < 4.78 is 10.8. The van der Waals surface area contributed by atoms with Crippen LogP contribution in [0.3, 0.4) is 0 Å². The highest BCUT2D eigenvalue weighted by Crippen LogP contribution is 2.38. The van der Waals surface area contributed by atoms with Gasteiger partial charge in [0.1, 0.15) is 19.0 Å². The average Bonchev–Trinajstić information content (AvgIpc) is 2.99. The zero-order valence-corrected chi connectivity index (χ0v) is 17.8. The first kappa shape index (κ1) is 22.2. The zero-order valence-electron chi connectivity index (χ0n) is 17.8. The molecule has 0 radical (unpaired) electrons. The van der Waals surface area contributed by atoms with Gasteiger partial charge in [-0.15, -0.1) is 0 Å². The third kappa shape index (κ3) is 4.36. The Morgan fingerprint density at radius 1 is 1.16 bits per heavy atom. The molecule has 7 nitrogen and oxygen atoms in total. The Morgan fingerprint density at radius 2 is 1.87 bits per heavy atom. The molecule has 31 heavy (non-hydrogen) atoms. The van der Waals surface area contributed by atoms with E-state index >= 15 is 0 Å². The molecule has 162 valence electrons. The number of hydrogen-bond acceptors (Lipinski definition) is 6. The van der Waals surface area contributed by atoms with Gasteiger partial charge in [-0.3, -0.25) is 9.59 Å². The SMILES string of the molecule is C=CCOc1cc(C)cc(C)c1N1C(=O)c2ccc(C(=O)OCC(O)CC)cc2C1=O. The van der Waals surface area contributed by atoms with Crippen molar-refractivity contribution in [1.29, 1.82) is 0 Å². The normalized spacial score (nSPS) is 13.7. The Balaban J connectivity index is 1.96. The van der Waals surface area contributed by atoms with Crippen LogP contribution < -0.4 is 9.64 Å². The third-order valence-corrected chi connectivity index (χ3v) is 4.99. The number of carbonyl (C=O) groups excluding carboxylic acids is 3. The lowest BCUT2D eigenvalue weighted by Crippen LogP contribution is -2.30. The van der Waals surface area contributed by atoms with E-state index in [2.05, 4.69) is 6.58 Å². The van der Waals surface area contributed by atoms with Gasteiger partial charge in [-0.1, -0.05) is 25.6 Å². The lowest BCUT2D eigenvalue weighted by Gasteiger charge is -2.21. The van der Waals surface area contributed by atoms with E-state index in [1.165, 1.54) is 18.2 Å². The molecule has 1 N–H and O–H groups in total. The largest absolute Gasteiger partial charge is 0.487 e. The Hall–Kier alpha value is -3.45. The molecule has 3 rings (SSSR count). The summed E-state index contributed by atoms with van der Waals surface area (Å²) in [7, 11) is 0. The number of rotatable bonds is 8. The van der Waals surface area contributed by atoms with Crippen LogP contribution in [-0.4, -0.2) is 42.2 Å². The number of imide groups is 1. The molecule has 2 amide bonds. The summed E-state index contributed by atoms with van der Waals surface area (Å²) in [6.45, 7) is 9.18. The van der Waals surface area contributed by atoms with Crippen LogP contribution in [0.1, 0.15) is 55.5 Å². The number of nitrogens with zero attached hydrogens (tertiary/aromatic N) is 1. The number of aryl methyl sites for hydroxylation is 2. The van der Waals surface area contributed by atoms with E-state index in [9.17, 15) is 19.5 Å². The summed E-state index contributed by atoms with van der Waals surface area (Å²) >= 11 is 0. The smallest absolute Gasteiger partial charge is 0.338 e. The van der Waals surface area contributed by atoms with Crippen LogP contribution in [0.2, 0.25) is 0 Å². The number of carbonyl (C=O) groups is 3. The average molecular weight is 423 g/mol. The number of esters is 1. The summed E-state index contributed by atoms with van der Waals surface area (Å²) in [5.74, 6) is -1.30. The summed E-state index contributed by atoms with van der Waals surface area (Å²) in [5, 5.41) is 9.58. The number of benzene rings is 2. The first-order chi connectivity index (χ1) is 14.8. The van der Waals surface area contributed by atoms with Crippen LogP contribution in [0.15, 0.2) is 43.0 Å². The zero-order chi connectivity index (χ0) is 22.7. The first-order valence-corrected chi connectivity index (χ1v) is 10.0. The van der Waals surface area contributed by atoms with E-state index in [1.54, 1.807) is 26.0 Å². The van der Waals surface area contributed by atoms with Gasteiger partial charge >= 0.3 is 5.97 Å². The minimum atomic E-state index is -0.754. The lowest BCUT2D eigenvalue weighted by atomic mass is 10.1. The van der Waals surface area contributed by atoms with Gasteiger partial charge in [-0.2, -0.15) is 0 Å². The molecule has 0 saturated carbocycles. The highest BCUT2D eigenvalue weighted by molar-refractivity contribution is 6.35. The van der Waals surface area contributed by atoms with E-state index in [1.807, 2.05) is 13.0 Å². The number of hydrogen-bond donors (Lipinski definition) is 1. The molecule has 0 saturated heterocycles. The number of fused-ring (bicyclic) bond motifs is 1. The minimum absolute atomic E-state index is 0.116. The van der Waals surface area contributed by atoms with E-state index in [0.717, 1.165) is 10.5 Å². The predicted octanol–water partition coefficient (Wildman–Crippen LogP) is 3.60. The topological polar surface area (TPSA) is 93.1 Å². The molecule has 0 fully saturated rings. The van der Waals surface area contributed by atoms with Gasteiger partial charge in [0, 0.05) is 0 Å². The van der Waals surface area contributed by atoms with Gasteiger partial charge < -0.3 is 14.6 Å². The van der Waals surface area contributed by atoms with Crippen LogP contribution in [0.5, 0.6) is 5.75 Å². The molecule has 1 heterocycles. The Kier molecular flexibility index (Phi) is 6.56. The minimum Gasteiger partial charge on any atom is -0.487 e. The molecule has 2 aromatic carbocycles. The number of aliphatic hydroxyl groups excluding tert-OH is 1. The molecule has 0 spiro atoms. The Morgan fingerprint density at radius 3 is 2.55 bits per heavy atom. The molecule has 2 aromatic rings. The van der Waals surface area contributed by atoms with Crippen LogP contribution in [0, 0.1) is 13.8 Å². The number of aliphatic hydroxyl groups is 1. The highest BCUT2D eigenvalue weighted by atomic mass is 16.5. The molecule has 1 unspecified atom stereocenters. The van der Waals surface area contributed by atoms with Crippen LogP contribution in [0.4, 0.5) is 5.69 Å². The van der Waals surface area contributed by atoms with Crippen molar-refractivity contribution in [1.82, 2.24) is 0 Å². The van der Waals surface area contributed by atoms with Crippen molar-refractivity contribution in [3.8, 4) is 5.75 Å². The third-order valence-electron chi connectivity index (χ3n) is 4.99. The number of anilines is 1.